The molecule has 2 aromatic heterocycles. The van der Waals surface area contributed by atoms with E-state index in [2.05, 4.69) is 20.6 Å². The number of ether oxygens (including phenoxy) is 1. The van der Waals surface area contributed by atoms with Gasteiger partial charge in [-0.2, -0.15) is 23.4 Å². The molecule has 154 valence electrons. The molecule has 11 heteroatoms. The molecule has 1 aliphatic heterocycles. The van der Waals surface area contributed by atoms with E-state index in [0.717, 1.165) is 4.68 Å². The molecule has 0 aliphatic carbocycles. The molecule has 1 aromatic carbocycles. The lowest BCUT2D eigenvalue weighted by Crippen LogP contribution is -2.38. The minimum absolute atomic E-state index is 0.0996. The molecule has 0 spiro atoms. The van der Waals surface area contributed by atoms with Crippen molar-refractivity contribution in [3.05, 3.63) is 35.2 Å². The summed E-state index contributed by atoms with van der Waals surface area (Å²) in [6, 6.07) is 5.18. The van der Waals surface area contributed by atoms with Gasteiger partial charge in [-0.05, 0) is 44.6 Å². The summed E-state index contributed by atoms with van der Waals surface area (Å²) in [6.45, 7) is 4.02. The highest BCUT2D eigenvalue weighted by Crippen LogP contribution is 2.42. The van der Waals surface area contributed by atoms with Gasteiger partial charge < -0.3 is 10.1 Å². The highest BCUT2D eigenvalue weighted by molar-refractivity contribution is 7.71. The summed E-state index contributed by atoms with van der Waals surface area (Å²) < 4.78 is 49.2. The van der Waals surface area contributed by atoms with Crippen LogP contribution >= 0.6 is 12.2 Å². The van der Waals surface area contributed by atoms with E-state index in [1.54, 1.807) is 17.6 Å². The molecule has 4 rings (SSSR count). The molecule has 3 heterocycles. The molecule has 0 fully saturated rings. The van der Waals surface area contributed by atoms with Crippen molar-refractivity contribution >= 4 is 18.0 Å². The molecule has 0 amide bonds. The number of para-hydroxylation sites is 2. The Bertz CT molecular complexity index is 1090. The number of nitrogens with zero attached hydrogens (tertiary/aromatic N) is 4. The Kier molecular flexibility index (Phi) is 4.85. The summed E-state index contributed by atoms with van der Waals surface area (Å²) in [7, 11) is 0. The number of benzene rings is 1. The molecule has 3 aromatic rings. The molecule has 2 unspecified atom stereocenters. The second-order valence-corrected chi connectivity index (χ2v) is 7.17. The molecule has 7 nitrogen and oxygen atoms in total. The summed E-state index contributed by atoms with van der Waals surface area (Å²) in [6.07, 6.45) is -3.12. The van der Waals surface area contributed by atoms with Crippen LogP contribution in [0.3, 0.4) is 0 Å². The monoisotopic (exact) mass is 424 g/mol. The molecule has 0 bridgehead atoms. The number of anilines is 1. The van der Waals surface area contributed by atoms with Gasteiger partial charge in [-0.25, -0.2) is 4.68 Å². The van der Waals surface area contributed by atoms with Gasteiger partial charge in [0.15, 0.2) is 16.6 Å². The average Bonchev–Trinajstić information content (AvgIpc) is 3.24. The molecule has 2 N–H and O–H groups in total. The smallest absolute Gasteiger partial charge is 0.410 e. The largest absolute Gasteiger partial charge is 0.492 e. The van der Waals surface area contributed by atoms with Crippen LogP contribution < -0.4 is 10.1 Å². The molecular weight excluding hydrogens is 405 g/mol. The lowest BCUT2D eigenvalue weighted by molar-refractivity contribution is -0.173. The molecular formula is C18H19F3N6OS. The summed E-state index contributed by atoms with van der Waals surface area (Å²) in [5, 5.41) is 14.1. The van der Waals surface area contributed by atoms with Gasteiger partial charge in [-0.3, -0.25) is 9.67 Å². The maximum Gasteiger partial charge on any atom is 0.410 e. The van der Waals surface area contributed by atoms with Crippen LogP contribution in [0.15, 0.2) is 30.5 Å². The van der Waals surface area contributed by atoms with Gasteiger partial charge in [0, 0.05) is 6.04 Å². The number of hydrogen-bond donors (Lipinski definition) is 2. The number of aromatic nitrogens is 5. The fraction of sp³-hybridized carbons (Fsp3) is 0.389. The van der Waals surface area contributed by atoms with E-state index in [1.165, 1.54) is 6.20 Å². The number of halogens is 3. The lowest BCUT2D eigenvalue weighted by atomic mass is 10.0. The number of fused-ring (bicyclic) bond motifs is 1. The van der Waals surface area contributed by atoms with Crippen LogP contribution in [-0.2, 0) is 0 Å². The van der Waals surface area contributed by atoms with Gasteiger partial charge in [0.25, 0.3) is 0 Å². The fourth-order valence-corrected chi connectivity index (χ4v) is 3.76. The first kappa shape index (κ1) is 19.5. The Morgan fingerprint density at radius 2 is 2.07 bits per heavy atom. The van der Waals surface area contributed by atoms with Gasteiger partial charge in [-0.15, -0.1) is 0 Å². The van der Waals surface area contributed by atoms with Crippen molar-refractivity contribution in [2.75, 3.05) is 11.9 Å². The first-order valence-electron chi connectivity index (χ1n) is 9.12. The third-order valence-electron chi connectivity index (χ3n) is 4.75. The van der Waals surface area contributed by atoms with E-state index in [9.17, 15) is 13.2 Å². The van der Waals surface area contributed by atoms with Crippen LogP contribution in [0.2, 0.25) is 0 Å². The molecule has 1 aliphatic rings. The zero-order valence-electron chi connectivity index (χ0n) is 15.7. The quantitative estimate of drug-likeness (QED) is 0.604. The van der Waals surface area contributed by atoms with Crippen molar-refractivity contribution in [3.8, 4) is 22.8 Å². The number of hydrogen-bond acceptors (Lipinski definition) is 5. The zero-order valence-corrected chi connectivity index (χ0v) is 16.5. The molecule has 2 atom stereocenters. The van der Waals surface area contributed by atoms with E-state index in [-0.39, 0.29) is 18.3 Å². The Labute approximate surface area is 169 Å². The molecule has 0 saturated carbocycles. The second kappa shape index (κ2) is 7.21. The Hall–Kier alpha value is -2.82. The number of nitrogens with one attached hydrogen (secondary N) is 2. The third kappa shape index (κ3) is 3.39. The number of H-pyrrole nitrogens is 1. The Balaban J connectivity index is 1.88. The van der Waals surface area contributed by atoms with Crippen LogP contribution in [0.25, 0.3) is 17.1 Å². The highest BCUT2D eigenvalue weighted by atomic mass is 32.1. The van der Waals surface area contributed by atoms with Crippen LogP contribution in [0.5, 0.6) is 5.75 Å². The summed E-state index contributed by atoms with van der Waals surface area (Å²) in [4.78, 5) is 0. The van der Waals surface area contributed by atoms with Gasteiger partial charge in [0.2, 0.25) is 0 Å². The Morgan fingerprint density at radius 1 is 1.31 bits per heavy atom. The van der Waals surface area contributed by atoms with Crippen molar-refractivity contribution in [2.45, 2.75) is 38.5 Å². The highest BCUT2D eigenvalue weighted by Gasteiger charge is 2.46. The number of alkyl halides is 3. The van der Waals surface area contributed by atoms with Crippen molar-refractivity contribution in [1.82, 2.24) is 24.5 Å². The molecule has 0 radical (unpaired) electrons. The van der Waals surface area contributed by atoms with Crippen LogP contribution in [0.1, 0.15) is 26.3 Å². The van der Waals surface area contributed by atoms with Crippen molar-refractivity contribution in [2.24, 2.45) is 0 Å². The van der Waals surface area contributed by atoms with Crippen LogP contribution in [0.4, 0.5) is 19.0 Å². The summed E-state index contributed by atoms with van der Waals surface area (Å²) in [5.74, 6) is 1.20. The fourth-order valence-electron chi connectivity index (χ4n) is 3.53. The van der Waals surface area contributed by atoms with Crippen molar-refractivity contribution in [1.29, 1.82) is 0 Å². The third-order valence-corrected chi connectivity index (χ3v) is 5.02. The number of aromatic amines is 1. The SMILES string of the molecule is CCOc1ccccc1-n1c(-c2cnn3c2NC(C)CC3C(F)(F)F)n[nH]c1=S. The summed E-state index contributed by atoms with van der Waals surface area (Å²) >= 11 is 5.39. The van der Waals surface area contributed by atoms with Gasteiger partial charge >= 0.3 is 6.18 Å². The summed E-state index contributed by atoms with van der Waals surface area (Å²) in [5.41, 5.74) is 1.06. The first-order valence-corrected chi connectivity index (χ1v) is 9.52. The zero-order chi connectivity index (χ0) is 20.8. The number of rotatable bonds is 4. The minimum atomic E-state index is -4.40. The van der Waals surface area contributed by atoms with Crippen molar-refractivity contribution in [3.63, 3.8) is 0 Å². The maximum absolute atomic E-state index is 13.5. The predicted octanol–water partition coefficient (Wildman–Crippen LogP) is 4.50. The standard InChI is InChI=1S/C18H19F3N6OS/c1-3-28-13-7-5-4-6-12(13)26-16(24-25-17(26)29)11-9-22-27-14(18(19,20)21)8-10(2)23-15(11)27/h4-7,9-10,14,23H,3,8H2,1-2H3,(H,25,29). The first-order chi connectivity index (χ1) is 13.8. The van der Waals surface area contributed by atoms with E-state index in [1.807, 2.05) is 25.1 Å². The van der Waals surface area contributed by atoms with E-state index >= 15 is 0 Å². The van der Waals surface area contributed by atoms with Gasteiger partial charge in [0.05, 0.1) is 24.1 Å². The molecule has 29 heavy (non-hydrogen) atoms. The average molecular weight is 424 g/mol. The van der Waals surface area contributed by atoms with E-state index < -0.39 is 12.2 Å². The second-order valence-electron chi connectivity index (χ2n) is 6.78. The van der Waals surface area contributed by atoms with Gasteiger partial charge in [0.1, 0.15) is 11.6 Å². The van der Waals surface area contributed by atoms with Gasteiger partial charge in [-0.1, -0.05) is 12.1 Å². The Morgan fingerprint density at radius 3 is 2.79 bits per heavy atom. The molecule has 0 saturated heterocycles. The minimum Gasteiger partial charge on any atom is -0.492 e. The van der Waals surface area contributed by atoms with Crippen molar-refractivity contribution < 1.29 is 17.9 Å². The lowest BCUT2D eigenvalue weighted by Gasteiger charge is -2.32. The topological polar surface area (TPSA) is 72.7 Å². The van der Waals surface area contributed by atoms with E-state index in [4.69, 9.17) is 17.0 Å². The van der Waals surface area contributed by atoms with E-state index in [0.29, 0.717) is 34.2 Å². The van der Waals surface area contributed by atoms with Crippen LogP contribution in [-0.4, -0.2) is 43.4 Å². The van der Waals surface area contributed by atoms with Crippen LogP contribution in [0, 0.1) is 4.77 Å². The predicted molar refractivity (Wildman–Crippen MR) is 104 cm³/mol. The maximum atomic E-state index is 13.5. The normalized spacial score (nSPS) is 18.9.